The van der Waals surface area contributed by atoms with Crippen LogP contribution >= 0.6 is 11.6 Å². The van der Waals surface area contributed by atoms with Crippen molar-refractivity contribution in [3.8, 4) is 11.6 Å². The van der Waals surface area contributed by atoms with Crippen LogP contribution in [0.3, 0.4) is 0 Å². The second-order valence-electron chi connectivity index (χ2n) is 3.89. The molecule has 0 aliphatic heterocycles. The molecule has 2 rings (SSSR count). The van der Waals surface area contributed by atoms with Crippen molar-refractivity contribution in [2.45, 2.75) is 6.92 Å². The number of aromatic nitrogens is 1. The molecule has 1 heterocycles. The van der Waals surface area contributed by atoms with Crippen LogP contribution in [-0.4, -0.2) is 17.6 Å². The SMILES string of the molecule is CCOC(=O)c1ccc(Oc2cc(Cl)ccc2N)nc1. The highest BCUT2D eigenvalue weighted by atomic mass is 35.5. The second-order valence-corrected chi connectivity index (χ2v) is 4.33. The van der Waals surface area contributed by atoms with Crippen LogP contribution in [0.25, 0.3) is 0 Å². The van der Waals surface area contributed by atoms with Crippen molar-refractivity contribution in [1.82, 2.24) is 4.98 Å². The molecule has 6 heteroatoms. The molecule has 0 radical (unpaired) electrons. The molecule has 0 aliphatic rings. The lowest BCUT2D eigenvalue weighted by Crippen LogP contribution is -2.05. The van der Waals surface area contributed by atoms with Gasteiger partial charge in [0.2, 0.25) is 5.88 Å². The van der Waals surface area contributed by atoms with Crippen LogP contribution in [0.4, 0.5) is 5.69 Å². The minimum atomic E-state index is -0.422. The Kier molecular flexibility index (Phi) is 4.42. The fourth-order valence-electron chi connectivity index (χ4n) is 1.49. The van der Waals surface area contributed by atoms with Gasteiger partial charge in [0, 0.05) is 23.4 Å². The van der Waals surface area contributed by atoms with E-state index in [0.717, 1.165) is 0 Å². The summed E-state index contributed by atoms with van der Waals surface area (Å²) in [5.41, 5.74) is 6.58. The number of hydrogen-bond donors (Lipinski definition) is 1. The summed E-state index contributed by atoms with van der Waals surface area (Å²) in [7, 11) is 0. The minimum Gasteiger partial charge on any atom is -0.462 e. The van der Waals surface area contributed by atoms with Crippen LogP contribution in [-0.2, 0) is 4.74 Å². The molecule has 0 amide bonds. The number of nitrogen functional groups attached to an aromatic ring is 1. The molecule has 1 aromatic heterocycles. The zero-order valence-electron chi connectivity index (χ0n) is 10.8. The molecule has 5 nitrogen and oxygen atoms in total. The van der Waals surface area contributed by atoms with Crippen molar-refractivity contribution < 1.29 is 14.3 Å². The molecule has 1 aromatic carbocycles. The first-order valence-electron chi connectivity index (χ1n) is 5.96. The summed E-state index contributed by atoms with van der Waals surface area (Å²) in [5, 5.41) is 0.511. The second kappa shape index (κ2) is 6.25. The van der Waals surface area contributed by atoms with E-state index in [2.05, 4.69) is 4.98 Å². The van der Waals surface area contributed by atoms with Gasteiger partial charge in [-0.3, -0.25) is 0 Å². The number of rotatable bonds is 4. The van der Waals surface area contributed by atoms with Gasteiger partial charge in [-0.25, -0.2) is 9.78 Å². The van der Waals surface area contributed by atoms with E-state index in [0.29, 0.717) is 34.5 Å². The Bertz CT molecular complexity index is 614. The third-order valence-corrected chi connectivity index (χ3v) is 2.67. The fourth-order valence-corrected chi connectivity index (χ4v) is 1.65. The molecule has 0 atom stereocenters. The molecule has 0 aliphatic carbocycles. The number of ether oxygens (including phenoxy) is 2. The number of nitrogens with zero attached hydrogens (tertiary/aromatic N) is 1. The largest absolute Gasteiger partial charge is 0.462 e. The van der Waals surface area contributed by atoms with Crippen molar-refractivity contribution in [2.24, 2.45) is 0 Å². The van der Waals surface area contributed by atoms with Crippen molar-refractivity contribution in [3.05, 3.63) is 47.1 Å². The van der Waals surface area contributed by atoms with Crippen molar-refractivity contribution >= 4 is 23.3 Å². The number of hydrogen-bond acceptors (Lipinski definition) is 5. The molecule has 2 N–H and O–H groups in total. The number of pyridine rings is 1. The first-order chi connectivity index (χ1) is 9.60. The summed E-state index contributed by atoms with van der Waals surface area (Å²) in [6.45, 7) is 2.06. The summed E-state index contributed by atoms with van der Waals surface area (Å²) in [6.07, 6.45) is 1.38. The van der Waals surface area contributed by atoms with Gasteiger partial charge in [0.1, 0.15) is 0 Å². The lowest BCUT2D eigenvalue weighted by molar-refractivity contribution is 0.0526. The van der Waals surface area contributed by atoms with E-state index in [1.54, 1.807) is 37.3 Å². The molecular formula is C14H13ClN2O3. The molecule has 0 unspecified atom stereocenters. The number of anilines is 1. The number of benzene rings is 1. The van der Waals surface area contributed by atoms with Crippen LogP contribution in [0.15, 0.2) is 36.5 Å². The highest BCUT2D eigenvalue weighted by Gasteiger charge is 2.08. The van der Waals surface area contributed by atoms with Crippen LogP contribution in [0, 0.1) is 0 Å². The van der Waals surface area contributed by atoms with E-state index < -0.39 is 5.97 Å². The first kappa shape index (κ1) is 14.1. The Balaban J connectivity index is 2.14. The Morgan fingerprint density at radius 1 is 1.35 bits per heavy atom. The first-order valence-corrected chi connectivity index (χ1v) is 6.34. The molecule has 0 fully saturated rings. The van der Waals surface area contributed by atoms with Crippen LogP contribution in [0.2, 0.25) is 5.02 Å². The predicted molar refractivity (Wildman–Crippen MR) is 76.1 cm³/mol. The van der Waals surface area contributed by atoms with Gasteiger partial charge in [0.15, 0.2) is 5.75 Å². The lowest BCUT2D eigenvalue weighted by atomic mass is 10.3. The Morgan fingerprint density at radius 3 is 2.80 bits per heavy atom. The fraction of sp³-hybridized carbons (Fsp3) is 0.143. The van der Waals surface area contributed by atoms with Crippen molar-refractivity contribution in [3.63, 3.8) is 0 Å². The molecule has 0 spiro atoms. The third kappa shape index (κ3) is 3.39. The third-order valence-electron chi connectivity index (χ3n) is 2.44. The van der Waals surface area contributed by atoms with Gasteiger partial charge in [-0.05, 0) is 25.1 Å². The smallest absolute Gasteiger partial charge is 0.339 e. The van der Waals surface area contributed by atoms with Gasteiger partial charge in [0.25, 0.3) is 0 Å². The molecule has 0 saturated carbocycles. The zero-order chi connectivity index (χ0) is 14.5. The maximum atomic E-state index is 11.5. The quantitative estimate of drug-likeness (QED) is 0.691. The maximum Gasteiger partial charge on any atom is 0.339 e. The van der Waals surface area contributed by atoms with E-state index in [-0.39, 0.29) is 0 Å². The zero-order valence-corrected chi connectivity index (χ0v) is 11.6. The summed E-state index contributed by atoms with van der Waals surface area (Å²) >= 11 is 5.87. The average molecular weight is 293 g/mol. The Hall–Kier alpha value is -2.27. The highest BCUT2D eigenvalue weighted by Crippen LogP contribution is 2.29. The molecule has 0 bridgehead atoms. The molecule has 0 saturated heterocycles. The molecular weight excluding hydrogens is 280 g/mol. The van der Waals surface area contributed by atoms with E-state index in [1.807, 2.05) is 0 Å². The van der Waals surface area contributed by atoms with Gasteiger partial charge >= 0.3 is 5.97 Å². The Labute approximate surface area is 121 Å². The van der Waals surface area contributed by atoms with E-state index in [4.69, 9.17) is 26.8 Å². The number of halogens is 1. The topological polar surface area (TPSA) is 74.4 Å². The van der Waals surface area contributed by atoms with Crippen molar-refractivity contribution in [1.29, 1.82) is 0 Å². The molecule has 104 valence electrons. The Morgan fingerprint density at radius 2 is 2.15 bits per heavy atom. The summed E-state index contributed by atoms with van der Waals surface area (Å²) in [5.74, 6) is 0.301. The van der Waals surface area contributed by atoms with Crippen LogP contribution in [0.1, 0.15) is 17.3 Å². The maximum absolute atomic E-state index is 11.5. The van der Waals surface area contributed by atoms with Gasteiger partial charge < -0.3 is 15.2 Å². The monoisotopic (exact) mass is 292 g/mol. The predicted octanol–water partition coefficient (Wildman–Crippen LogP) is 3.29. The summed E-state index contributed by atoms with van der Waals surface area (Å²) in [4.78, 5) is 15.5. The van der Waals surface area contributed by atoms with Crippen LogP contribution < -0.4 is 10.5 Å². The number of carbonyl (C=O) groups is 1. The molecule has 2 aromatic rings. The van der Waals surface area contributed by atoms with Gasteiger partial charge in [0.05, 0.1) is 17.9 Å². The number of carbonyl (C=O) groups excluding carboxylic acids is 1. The minimum absolute atomic E-state index is 0.312. The molecule has 20 heavy (non-hydrogen) atoms. The number of nitrogens with two attached hydrogens (primary N) is 1. The summed E-state index contributed by atoms with van der Waals surface area (Å²) in [6, 6.07) is 8.04. The lowest BCUT2D eigenvalue weighted by Gasteiger charge is -2.08. The highest BCUT2D eigenvalue weighted by molar-refractivity contribution is 6.30. The van der Waals surface area contributed by atoms with Gasteiger partial charge in [-0.2, -0.15) is 0 Å². The van der Waals surface area contributed by atoms with Gasteiger partial charge in [-0.15, -0.1) is 0 Å². The number of esters is 1. The standard InChI is InChI=1S/C14H13ClN2O3/c1-2-19-14(18)9-3-6-13(17-8-9)20-12-7-10(15)4-5-11(12)16/h3-8H,2,16H2,1H3. The normalized spacial score (nSPS) is 10.1. The van der Waals surface area contributed by atoms with E-state index >= 15 is 0 Å². The van der Waals surface area contributed by atoms with E-state index in [1.165, 1.54) is 6.20 Å². The van der Waals surface area contributed by atoms with Gasteiger partial charge in [-0.1, -0.05) is 11.6 Å². The summed E-state index contributed by atoms with van der Waals surface area (Å²) < 4.78 is 10.4. The average Bonchev–Trinajstić information content (AvgIpc) is 2.44. The van der Waals surface area contributed by atoms with Crippen molar-refractivity contribution in [2.75, 3.05) is 12.3 Å². The van der Waals surface area contributed by atoms with E-state index in [9.17, 15) is 4.79 Å². The van der Waals surface area contributed by atoms with Crippen LogP contribution in [0.5, 0.6) is 11.6 Å².